The van der Waals surface area contributed by atoms with Crippen molar-refractivity contribution in [2.75, 3.05) is 13.9 Å². The van der Waals surface area contributed by atoms with E-state index in [0.29, 0.717) is 5.88 Å². The van der Waals surface area contributed by atoms with Gasteiger partial charge < -0.3 is 14.0 Å². The molecule has 4 nitrogen and oxygen atoms in total. The van der Waals surface area contributed by atoms with E-state index in [0.717, 1.165) is 16.9 Å². The number of hydrogen-bond acceptors (Lipinski definition) is 4. The van der Waals surface area contributed by atoms with Gasteiger partial charge in [0.05, 0.1) is 5.56 Å². The molecule has 0 aliphatic rings. The van der Waals surface area contributed by atoms with Crippen LogP contribution in [-0.4, -0.2) is 19.1 Å². The molecule has 1 aromatic carbocycles. The standard InChI is InChI=1S/C12H13NO3/c1-9-11(10-6-4-3-5-7-10)16-13-12(9)15-8-14-2/h3-7H,8H2,1-2H3. The Bertz CT molecular complexity index is 451. The highest BCUT2D eigenvalue weighted by Gasteiger charge is 2.14. The summed E-state index contributed by atoms with van der Waals surface area (Å²) in [7, 11) is 1.56. The predicted molar refractivity (Wildman–Crippen MR) is 59.2 cm³/mol. The molecule has 0 amide bonds. The Labute approximate surface area is 93.8 Å². The Hall–Kier alpha value is -1.81. The molecule has 0 spiro atoms. The smallest absolute Gasteiger partial charge is 0.259 e. The van der Waals surface area contributed by atoms with Gasteiger partial charge >= 0.3 is 0 Å². The summed E-state index contributed by atoms with van der Waals surface area (Å²) in [5.41, 5.74) is 1.86. The van der Waals surface area contributed by atoms with Gasteiger partial charge in [0, 0.05) is 12.7 Å². The van der Waals surface area contributed by atoms with Crippen molar-refractivity contribution < 1.29 is 14.0 Å². The Morgan fingerprint density at radius 1 is 1.25 bits per heavy atom. The monoisotopic (exact) mass is 219 g/mol. The van der Waals surface area contributed by atoms with Crippen molar-refractivity contribution in [1.29, 1.82) is 0 Å². The van der Waals surface area contributed by atoms with Crippen LogP contribution in [0, 0.1) is 6.92 Å². The summed E-state index contributed by atoms with van der Waals surface area (Å²) in [6.45, 7) is 2.07. The molecule has 16 heavy (non-hydrogen) atoms. The van der Waals surface area contributed by atoms with Gasteiger partial charge in [-0.05, 0) is 12.1 Å². The first-order valence-electron chi connectivity index (χ1n) is 4.96. The first kappa shape index (κ1) is 10.7. The van der Waals surface area contributed by atoms with E-state index < -0.39 is 0 Å². The van der Waals surface area contributed by atoms with E-state index >= 15 is 0 Å². The molecule has 2 rings (SSSR count). The highest BCUT2D eigenvalue weighted by molar-refractivity contribution is 5.62. The zero-order valence-corrected chi connectivity index (χ0v) is 9.27. The van der Waals surface area contributed by atoms with Crippen LogP contribution >= 0.6 is 0 Å². The van der Waals surface area contributed by atoms with Crippen molar-refractivity contribution >= 4 is 0 Å². The maximum Gasteiger partial charge on any atom is 0.259 e. The van der Waals surface area contributed by atoms with E-state index in [4.69, 9.17) is 14.0 Å². The second kappa shape index (κ2) is 4.81. The van der Waals surface area contributed by atoms with Gasteiger partial charge in [-0.25, -0.2) is 0 Å². The summed E-state index contributed by atoms with van der Waals surface area (Å²) >= 11 is 0. The summed E-state index contributed by atoms with van der Waals surface area (Å²) < 4.78 is 15.3. The lowest BCUT2D eigenvalue weighted by Gasteiger charge is -2.00. The molecule has 1 heterocycles. The number of nitrogens with zero attached hydrogens (tertiary/aromatic N) is 1. The van der Waals surface area contributed by atoms with Crippen LogP contribution in [0.2, 0.25) is 0 Å². The largest absolute Gasteiger partial charge is 0.448 e. The molecule has 4 heteroatoms. The van der Waals surface area contributed by atoms with Crippen molar-refractivity contribution in [2.24, 2.45) is 0 Å². The van der Waals surface area contributed by atoms with Crippen molar-refractivity contribution in [2.45, 2.75) is 6.92 Å². The molecule has 2 aromatic rings. The average molecular weight is 219 g/mol. The molecule has 0 saturated carbocycles. The number of aromatic nitrogens is 1. The minimum absolute atomic E-state index is 0.168. The summed E-state index contributed by atoms with van der Waals surface area (Å²) in [5.74, 6) is 1.20. The van der Waals surface area contributed by atoms with Gasteiger partial charge in [-0.1, -0.05) is 30.3 Å². The second-order valence-corrected chi connectivity index (χ2v) is 3.36. The Morgan fingerprint density at radius 3 is 2.69 bits per heavy atom. The quantitative estimate of drug-likeness (QED) is 0.741. The minimum atomic E-state index is 0.168. The molecule has 0 fully saturated rings. The zero-order valence-electron chi connectivity index (χ0n) is 9.27. The predicted octanol–water partition coefficient (Wildman–Crippen LogP) is 2.63. The maximum absolute atomic E-state index is 5.26. The molecule has 84 valence electrons. The topological polar surface area (TPSA) is 44.5 Å². The van der Waals surface area contributed by atoms with Crippen molar-refractivity contribution in [3.8, 4) is 17.2 Å². The second-order valence-electron chi connectivity index (χ2n) is 3.36. The van der Waals surface area contributed by atoms with Crippen LogP contribution in [0.5, 0.6) is 5.88 Å². The molecule has 0 N–H and O–H groups in total. The number of ether oxygens (including phenoxy) is 2. The molecular formula is C12H13NO3. The van der Waals surface area contributed by atoms with E-state index in [2.05, 4.69) is 5.16 Å². The molecule has 0 aliphatic carbocycles. The van der Waals surface area contributed by atoms with E-state index in [1.54, 1.807) is 7.11 Å². The van der Waals surface area contributed by atoms with Crippen molar-refractivity contribution in [1.82, 2.24) is 5.16 Å². The highest BCUT2D eigenvalue weighted by atomic mass is 16.7. The Morgan fingerprint density at radius 2 is 2.00 bits per heavy atom. The van der Waals surface area contributed by atoms with E-state index in [1.165, 1.54) is 0 Å². The lowest BCUT2D eigenvalue weighted by molar-refractivity contribution is 0.0449. The summed E-state index contributed by atoms with van der Waals surface area (Å²) in [4.78, 5) is 0. The van der Waals surface area contributed by atoms with Gasteiger partial charge in [-0.3, -0.25) is 0 Å². The SMILES string of the molecule is COCOc1noc(-c2ccccc2)c1C. The molecule has 0 radical (unpaired) electrons. The van der Waals surface area contributed by atoms with Gasteiger partial charge in [0.1, 0.15) is 0 Å². The van der Waals surface area contributed by atoms with Crippen LogP contribution in [0.25, 0.3) is 11.3 Å². The molecule has 0 aliphatic heterocycles. The van der Waals surface area contributed by atoms with Crippen LogP contribution < -0.4 is 4.74 Å². The zero-order chi connectivity index (χ0) is 11.4. The summed E-state index contributed by atoms with van der Waals surface area (Å²) in [5, 5.41) is 3.85. The van der Waals surface area contributed by atoms with Gasteiger partial charge in [0.15, 0.2) is 12.6 Å². The first-order valence-corrected chi connectivity index (χ1v) is 4.96. The molecule has 0 bridgehead atoms. The van der Waals surface area contributed by atoms with Gasteiger partial charge in [0.2, 0.25) is 0 Å². The Balaban J connectivity index is 2.27. The fourth-order valence-electron chi connectivity index (χ4n) is 1.43. The van der Waals surface area contributed by atoms with Crippen LogP contribution in [0.3, 0.4) is 0 Å². The number of methoxy groups -OCH3 is 1. The molecule has 0 atom stereocenters. The lowest BCUT2D eigenvalue weighted by Crippen LogP contribution is -1.99. The summed E-state index contributed by atoms with van der Waals surface area (Å²) in [6, 6.07) is 9.79. The molecule has 1 aromatic heterocycles. The third-order valence-corrected chi connectivity index (χ3v) is 2.23. The number of benzene rings is 1. The maximum atomic E-state index is 5.26. The molecule has 0 unspecified atom stereocenters. The van der Waals surface area contributed by atoms with Crippen LogP contribution in [0.1, 0.15) is 5.56 Å². The van der Waals surface area contributed by atoms with Gasteiger partial charge in [0.25, 0.3) is 5.88 Å². The van der Waals surface area contributed by atoms with Gasteiger partial charge in [-0.2, -0.15) is 0 Å². The van der Waals surface area contributed by atoms with E-state index in [1.807, 2.05) is 37.3 Å². The Kier molecular flexibility index (Phi) is 3.22. The first-order chi connectivity index (χ1) is 7.83. The van der Waals surface area contributed by atoms with Crippen molar-refractivity contribution in [3.63, 3.8) is 0 Å². The summed E-state index contributed by atoms with van der Waals surface area (Å²) in [6.07, 6.45) is 0. The normalized spacial score (nSPS) is 10.4. The van der Waals surface area contributed by atoms with Gasteiger partial charge in [-0.15, -0.1) is 0 Å². The lowest BCUT2D eigenvalue weighted by atomic mass is 10.1. The molecule has 0 saturated heterocycles. The fraction of sp³-hybridized carbons (Fsp3) is 0.250. The van der Waals surface area contributed by atoms with E-state index in [9.17, 15) is 0 Å². The number of hydrogen-bond donors (Lipinski definition) is 0. The molecular weight excluding hydrogens is 206 g/mol. The van der Waals surface area contributed by atoms with Crippen molar-refractivity contribution in [3.05, 3.63) is 35.9 Å². The minimum Gasteiger partial charge on any atom is -0.448 e. The highest BCUT2D eigenvalue weighted by Crippen LogP contribution is 2.29. The van der Waals surface area contributed by atoms with Crippen LogP contribution in [0.4, 0.5) is 0 Å². The van der Waals surface area contributed by atoms with Crippen LogP contribution in [-0.2, 0) is 4.74 Å². The third kappa shape index (κ3) is 2.06. The van der Waals surface area contributed by atoms with Crippen LogP contribution in [0.15, 0.2) is 34.9 Å². The number of rotatable bonds is 4. The van der Waals surface area contributed by atoms with E-state index in [-0.39, 0.29) is 6.79 Å². The third-order valence-electron chi connectivity index (χ3n) is 2.23. The fourth-order valence-corrected chi connectivity index (χ4v) is 1.43. The average Bonchev–Trinajstić information content (AvgIpc) is 2.69.